The Labute approximate surface area is 128 Å². The van der Waals surface area contributed by atoms with Crippen molar-refractivity contribution in [1.29, 1.82) is 0 Å². The summed E-state index contributed by atoms with van der Waals surface area (Å²) in [4.78, 5) is 4.24. The Morgan fingerprint density at radius 3 is 2.81 bits per heavy atom. The molecule has 1 saturated carbocycles. The number of hydrogen-bond acceptors (Lipinski definition) is 4. The summed E-state index contributed by atoms with van der Waals surface area (Å²) in [6, 6.07) is 1.58. The van der Waals surface area contributed by atoms with Crippen LogP contribution in [0.3, 0.4) is 0 Å². The maximum atomic E-state index is 12.4. The first kappa shape index (κ1) is 16.0. The smallest absolute Gasteiger partial charge is 0.242 e. The Morgan fingerprint density at radius 1 is 1.48 bits per heavy atom. The fraction of sp³-hybridized carbons (Fsp3) is 0.533. The molecule has 21 heavy (non-hydrogen) atoms. The molecule has 1 N–H and O–H groups in total. The first-order valence-electron chi connectivity index (χ1n) is 7.34. The van der Waals surface area contributed by atoms with Gasteiger partial charge >= 0.3 is 0 Å². The number of ether oxygens (including phenoxy) is 1. The van der Waals surface area contributed by atoms with Crippen molar-refractivity contribution < 1.29 is 14.6 Å². The molecular formula is C15H24N2O3S. The van der Waals surface area contributed by atoms with Crippen LogP contribution >= 0.6 is 0 Å². The van der Waals surface area contributed by atoms with E-state index in [1.807, 2.05) is 6.92 Å². The number of nitrogens with one attached hydrogen (secondary N) is 1. The van der Waals surface area contributed by atoms with E-state index in [0.29, 0.717) is 18.1 Å². The molecule has 0 unspecified atom stereocenters. The van der Waals surface area contributed by atoms with Gasteiger partial charge in [-0.05, 0) is 25.8 Å². The minimum Gasteiger partial charge on any atom is -0.478 e. The quantitative estimate of drug-likeness (QED) is 0.877. The molecule has 0 amide bonds. The molecule has 6 heteroatoms. The predicted octanol–water partition coefficient (Wildman–Crippen LogP) is 2.98. The molecule has 0 saturated heterocycles. The van der Waals surface area contributed by atoms with E-state index >= 15 is 0 Å². The van der Waals surface area contributed by atoms with Crippen LogP contribution in [0.15, 0.2) is 23.7 Å². The number of aromatic nitrogens is 1. The Balaban J connectivity index is 0.00000242. The maximum Gasteiger partial charge on any atom is 0.242 e. The minimum atomic E-state index is -3.54. The highest BCUT2D eigenvalue weighted by atomic mass is 32.2. The van der Waals surface area contributed by atoms with E-state index in [1.165, 1.54) is 12.6 Å². The molecule has 5 nitrogen and oxygen atoms in total. The Hall–Kier alpha value is -1.40. The number of nitrogens with zero attached hydrogens (tertiary/aromatic N) is 1. The summed E-state index contributed by atoms with van der Waals surface area (Å²) in [6.07, 6.45) is 8.03. The molecule has 1 fully saturated rings. The molecule has 1 aromatic rings. The second kappa shape index (κ2) is 7.04. The van der Waals surface area contributed by atoms with Gasteiger partial charge in [-0.25, -0.2) is 18.1 Å². The molecule has 0 aromatic carbocycles. The lowest BCUT2D eigenvalue weighted by atomic mass is 9.96. The fourth-order valence-electron chi connectivity index (χ4n) is 2.51. The van der Waals surface area contributed by atoms with Crippen molar-refractivity contribution in [1.82, 2.24) is 9.71 Å². The highest BCUT2D eigenvalue weighted by Crippen LogP contribution is 2.23. The predicted molar refractivity (Wildman–Crippen MR) is 84.8 cm³/mol. The molecule has 0 atom stereocenters. The van der Waals surface area contributed by atoms with Crippen LogP contribution < -0.4 is 9.46 Å². The fourth-order valence-corrected chi connectivity index (χ4v) is 3.79. The van der Waals surface area contributed by atoms with Crippen molar-refractivity contribution >= 4 is 16.1 Å². The minimum absolute atomic E-state index is 0. The summed E-state index contributed by atoms with van der Waals surface area (Å²) in [7, 11) is -3.54. The van der Waals surface area contributed by atoms with Crippen LogP contribution in [0.1, 0.15) is 46.0 Å². The summed E-state index contributed by atoms with van der Waals surface area (Å²) in [5.41, 5.74) is 0.586. The first-order valence-corrected chi connectivity index (χ1v) is 8.82. The molecule has 0 spiro atoms. The molecular weight excluding hydrogens is 288 g/mol. The highest BCUT2D eigenvalue weighted by molar-refractivity contribution is 7.89. The first-order chi connectivity index (χ1) is 10.1. The lowest BCUT2D eigenvalue weighted by Gasteiger charge is -2.22. The standard InChI is InChI=1S/C15H22N2O3S.H2/c1-3-12-10-14(11-16-15(12)20-4-2)21(18,19)17-13-8-6-5-7-9-13;/h3,10-11,13,17H,1,4-9H2,2H3;1H. The molecule has 1 aliphatic rings. The third kappa shape index (κ3) is 4.04. The second-order valence-electron chi connectivity index (χ2n) is 5.16. The van der Waals surface area contributed by atoms with Crippen molar-refractivity contribution in [2.45, 2.75) is 50.0 Å². The Kier molecular flexibility index (Phi) is 5.36. The van der Waals surface area contributed by atoms with Crippen LogP contribution in [0.25, 0.3) is 6.08 Å². The summed E-state index contributed by atoms with van der Waals surface area (Å²) in [6.45, 7) is 6.00. The van der Waals surface area contributed by atoms with Crippen LogP contribution in [0.2, 0.25) is 0 Å². The van der Waals surface area contributed by atoms with Crippen molar-refractivity contribution in [3.8, 4) is 5.88 Å². The summed E-state index contributed by atoms with van der Waals surface area (Å²) < 4.78 is 32.9. The van der Waals surface area contributed by atoms with Gasteiger partial charge in [0.15, 0.2) is 0 Å². The Morgan fingerprint density at radius 2 is 2.19 bits per heavy atom. The van der Waals surface area contributed by atoms with E-state index in [2.05, 4.69) is 16.3 Å². The lowest BCUT2D eigenvalue weighted by molar-refractivity contribution is 0.325. The number of sulfonamides is 1. The highest BCUT2D eigenvalue weighted by Gasteiger charge is 2.23. The van der Waals surface area contributed by atoms with Gasteiger partial charge in [-0.15, -0.1) is 0 Å². The number of hydrogen-bond donors (Lipinski definition) is 1. The van der Waals surface area contributed by atoms with Gasteiger partial charge in [0, 0.05) is 13.0 Å². The van der Waals surface area contributed by atoms with Crippen LogP contribution in [-0.2, 0) is 10.0 Å². The topological polar surface area (TPSA) is 68.3 Å². The maximum absolute atomic E-state index is 12.4. The molecule has 1 aliphatic carbocycles. The molecule has 2 rings (SSSR count). The zero-order chi connectivity index (χ0) is 15.3. The molecule has 1 aromatic heterocycles. The van der Waals surface area contributed by atoms with E-state index in [4.69, 9.17) is 4.74 Å². The molecule has 1 heterocycles. The van der Waals surface area contributed by atoms with Crippen molar-refractivity contribution in [2.75, 3.05) is 6.61 Å². The molecule has 118 valence electrons. The van der Waals surface area contributed by atoms with Gasteiger partial charge in [-0.1, -0.05) is 31.9 Å². The summed E-state index contributed by atoms with van der Waals surface area (Å²) in [5.74, 6) is 0.407. The number of rotatable bonds is 6. The van der Waals surface area contributed by atoms with E-state index < -0.39 is 10.0 Å². The SMILES string of the molecule is C=Cc1cc(S(=O)(=O)NC2CCCCC2)cnc1OCC.[HH]. The summed E-state index contributed by atoms with van der Waals surface area (Å²) >= 11 is 0. The van der Waals surface area contributed by atoms with Gasteiger partial charge in [0.05, 0.1) is 12.8 Å². The Bertz CT molecular complexity index is 599. The van der Waals surface area contributed by atoms with Gasteiger partial charge in [0.1, 0.15) is 4.90 Å². The van der Waals surface area contributed by atoms with Gasteiger partial charge in [0.25, 0.3) is 0 Å². The normalized spacial score (nSPS) is 16.6. The van der Waals surface area contributed by atoms with Crippen LogP contribution in [-0.4, -0.2) is 26.1 Å². The average molecular weight is 312 g/mol. The summed E-state index contributed by atoms with van der Waals surface area (Å²) in [5, 5.41) is 0. The zero-order valence-electron chi connectivity index (χ0n) is 12.3. The third-order valence-corrected chi connectivity index (χ3v) is 5.08. The van der Waals surface area contributed by atoms with Crippen LogP contribution in [0.4, 0.5) is 0 Å². The van der Waals surface area contributed by atoms with Gasteiger partial charge in [0.2, 0.25) is 15.9 Å². The number of pyridine rings is 1. The molecule has 0 aliphatic heterocycles. The van der Waals surface area contributed by atoms with Gasteiger partial charge in [-0.3, -0.25) is 0 Å². The largest absolute Gasteiger partial charge is 0.478 e. The van der Waals surface area contributed by atoms with E-state index in [0.717, 1.165) is 25.7 Å². The monoisotopic (exact) mass is 312 g/mol. The third-order valence-electron chi connectivity index (χ3n) is 3.59. The van der Waals surface area contributed by atoms with Crippen molar-refractivity contribution in [2.24, 2.45) is 0 Å². The van der Waals surface area contributed by atoms with Crippen molar-refractivity contribution in [3.63, 3.8) is 0 Å². The molecule has 0 radical (unpaired) electrons. The van der Waals surface area contributed by atoms with E-state index in [1.54, 1.807) is 12.1 Å². The van der Waals surface area contributed by atoms with E-state index in [-0.39, 0.29) is 12.4 Å². The zero-order valence-corrected chi connectivity index (χ0v) is 13.2. The van der Waals surface area contributed by atoms with Gasteiger partial charge < -0.3 is 4.74 Å². The second-order valence-corrected chi connectivity index (χ2v) is 6.87. The van der Waals surface area contributed by atoms with Crippen LogP contribution in [0.5, 0.6) is 5.88 Å². The van der Waals surface area contributed by atoms with Crippen LogP contribution in [0, 0.1) is 0 Å². The molecule has 0 bridgehead atoms. The van der Waals surface area contributed by atoms with Crippen molar-refractivity contribution in [3.05, 3.63) is 24.4 Å². The average Bonchev–Trinajstić information content (AvgIpc) is 2.48. The van der Waals surface area contributed by atoms with E-state index in [9.17, 15) is 8.42 Å². The lowest BCUT2D eigenvalue weighted by Crippen LogP contribution is -2.36. The van der Waals surface area contributed by atoms with Gasteiger partial charge in [-0.2, -0.15) is 0 Å².